The van der Waals surface area contributed by atoms with Gasteiger partial charge in [-0.2, -0.15) is 0 Å². The molecule has 0 radical (unpaired) electrons. The standard InChI is InChI=1S/C25H42N8O7/c1-14(34)19(24(39)40)31-21(36)17-8-4-12-32(17)23(38)18-9-5-13-33(18)22(37)16(7-3-11-29-25(26)27)30-20(35)15-6-2-10-28-15/h14-19,28,34H,2-13H2,1H3,(H,30,35)(H,31,36)(H,39,40)(H4,26,27,29)/t14-,15+,16+,17+,18+,19+/m1/s1. The van der Waals surface area contributed by atoms with Gasteiger partial charge in [0.25, 0.3) is 0 Å². The topological polar surface area (TPSA) is 233 Å². The fourth-order valence-corrected chi connectivity index (χ4v) is 5.56. The smallest absolute Gasteiger partial charge is 0.328 e. The Morgan fingerprint density at radius 1 is 0.975 bits per heavy atom. The second kappa shape index (κ2) is 14.3. The van der Waals surface area contributed by atoms with Crippen molar-refractivity contribution in [3.05, 3.63) is 0 Å². The summed E-state index contributed by atoms with van der Waals surface area (Å²) in [4.78, 5) is 71.4. The third-order valence-corrected chi connectivity index (χ3v) is 7.64. The molecule has 0 aromatic carbocycles. The van der Waals surface area contributed by atoms with Gasteiger partial charge < -0.3 is 47.4 Å². The average molecular weight is 567 g/mol. The van der Waals surface area contributed by atoms with Gasteiger partial charge in [0.2, 0.25) is 23.6 Å². The van der Waals surface area contributed by atoms with Gasteiger partial charge in [-0.15, -0.1) is 0 Å². The van der Waals surface area contributed by atoms with Crippen molar-refractivity contribution in [1.29, 1.82) is 0 Å². The molecular weight excluding hydrogens is 524 g/mol. The quantitative estimate of drug-likeness (QED) is 0.0728. The Kier molecular flexibility index (Phi) is 11.1. The summed E-state index contributed by atoms with van der Waals surface area (Å²) in [6, 6.07) is -4.49. The summed E-state index contributed by atoms with van der Waals surface area (Å²) in [6.07, 6.45) is 2.76. The number of aliphatic imine (C=N–C) groups is 1. The van der Waals surface area contributed by atoms with Crippen LogP contribution in [0.25, 0.3) is 0 Å². The molecule has 15 heteroatoms. The van der Waals surface area contributed by atoms with Crippen molar-refractivity contribution in [3.8, 4) is 0 Å². The van der Waals surface area contributed by atoms with Gasteiger partial charge in [0.15, 0.2) is 12.0 Å². The molecule has 0 spiro atoms. The lowest BCUT2D eigenvalue weighted by atomic mass is 10.1. The number of carboxylic acid groups (broad SMARTS) is 1. The molecular formula is C25H42N8O7. The van der Waals surface area contributed by atoms with E-state index in [4.69, 9.17) is 11.5 Å². The van der Waals surface area contributed by atoms with Crippen LogP contribution in [0.2, 0.25) is 0 Å². The number of nitrogens with two attached hydrogens (primary N) is 2. The van der Waals surface area contributed by atoms with Crippen LogP contribution in [0.4, 0.5) is 0 Å². The number of aliphatic hydroxyl groups is 1. The number of nitrogens with zero attached hydrogens (tertiary/aromatic N) is 3. The van der Waals surface area contributed by atoms with Crippen LogP contribution in [0.15, 0.2) is 4.99 Å². The first-order chi connectivity index (χ1) is 19.0. The highest BCUT2D eigenvalue weighted by atomic mass is 16.4. The summed E-state index contributed by atoms with van der Waals surface area (Å²) in [5, 5.41) is 27.3. The number of carbonyl (C=O) groups is 5. The van der Waals surface area contributed by atoms with Gasteiger partial charge in [-0.25, -0.2) is 4.79 Å². The Morgan fingerprint density at radius 3 is 2.25 bits per heavy atom. The van der Waals surface area contributed by atoms with Crippen LogP contribution in [0, 0.1) is 0 Å². The predicted molar refractivity (Wildman–Crippen MR) is 144 cm³/mol. The molecule has 3 saturated heterocycles. The van der Waals surface area contributed by atoms with Gasteiger partial charge in [0.05, 0.1) is 12.1 Å². The molecule has 0 unspecified atom stereocenters. The Hall–Kier alpha value is -3.46. The molecule has 3 aliphatic heterocycles. The Balaban J connectivity index is 1.71. The predicted octanol–water partition coefficient (Wildman–Crippen LogP) is -2.79. The zero-order valence-corrected chi connectivity index (χ0v) is 22.9. The molecule has 9 N–H and O–H groups in total. The fourth-order valence-electron chi connectivity index (χ4n) is 5.56. The van der Waals surface area contributed by atoms with E-state index in [0.29, 0.717) is 45.1 Å². The number of aliphatic carboxylic acids is 1. The summed E-state index contributed by atoms with van der Waals surface area (Å²) in [5.74, 6) is -3.17. The molecule has 0 aromatic heterocycles. The highest BCUT2D eigenvalue weighted by Gasteiger charge is 2.44. The molecule has 3 aliphatic rings. The Bertz CT molecular complexity index is 980. The summed E-state index contributed by atoms with van der Waals surface area (Å²) in [5.41, 5.74) is 10.8. The van der Waals surface area contributed by atoms with Gasteiger partial charge in [-0.3, -0.25) is 24.2 Å². The highest BCUT2D eigenvalue weighted by Crippen LogP contribution is 2.26. The second-order valence-electron chi connectivity index (χ2n) is 10.6. The molecule has 0 saturated carbocycles. The first-order valence-corrected chi connectivity index (χ1v) is 13.9. The summed E-state index contributed by atoms with van der Waals surface area (Å²) >= 11 is 0. The van der Waals surface area contributed by atoms with E-state index < -0.39 is 48.1 Å². The van der Waals surface area contributed by atoms with Crippen LogP contribution in [0.3, 0.4) is 0 Å². The number of nitrogens with one attached hydrogen (secondary N) is 3. The molecule has 0 aliphatic carbocycles. The lowest BCUT2D eigenvalue weighted by Crippen LogP contribution is -2.58. The van der Waals surface area contributed by atoms with E-state index in [-0.39, 0.29) is 43.3 Å². The van der Waals surface area contributed by atoms with E-state index in [1.807, 2.05) is 0 Å². The lowest BCUT2D eigenvalue weighted by Gasteiger charge is -2.33. The number of aliphatic hydroxyl groups excluding tert-OH is 1. The van der Waals surface area contributed by atoms with E-state index in [9.17, 15) is 34.2 Å². The van der Waals surface area contributed by atoms with Crippen LogP contribution in [0.1, 0.15) is 58.3 Å². The minimum atomic E-state index is -1.51. The number of hydrogen-bond acceptors (Lipinski definition) is 8. The summed E-state index contributed by atoms with van der Waals surface area (Å²) < 4.78 is 0. The van der Waals surface area contributed by atoms with E-state index >= 15 is 0 Å². The van der Waals surface area contributed by atoms with Crippen LogP contribution in [0.5, 0.6) is 0 Å². The molecule has 4 amide bonds. The number of guanidine groups is 1. The second-order valence-corrected chi connectivity index (χ2v) is 10.6. The van der Waals surface area contributed by atoms with Gasteiger partial charge in [0.1, 0.15) is 18.1 Å². The zero-order chi connectivity index (χ0) is 29.4. The number of hydrogen-bond donors (Lipinski definition) is 7. The Labute approximate surface area is 233 Å². The molecule has 3 rings (SSSR count). The molecule has 0 aromatic rings. The van der Waals surface area contributed by atoms with Crippen molar-refractivity contribution in [3.63, 3.8) is 0 Å². The summed E-state index contributed by atoms with van der Waals surface area (Å²) in [7, 11) is 0. The first kappa shape index (κ1) is 31.1. The van der Waals surface area contributed by atoms with E-state index in [1.165, 1.54) is 16.7 Å². The number of carbonyl (C=O) groups excluding carboxylic acids is 4. The van der Waals surface area contributed by atoms with Crippen LogP contribution in [-0.2, 0) is 24.0 Å². The monoisotopic (exact) mass is 566 g/mol. The highest BCUT2D eigenvalue weighted by molar-refractivity contribution is 5.96. The van der Waals surface area contributed by atoms with Crippen molar-refractivity contribution in [2.24, 2.45) is 16.5 Å². The van der Waals surface area contributed by atoms with Crippen molar-refractivity contribution < 1.29 is 34.2 Å². The molecule has 224 valence electrons. The van der Waals surface area contributed by atoms with Gasteiger partial charge in [0, 0.05) is 19.6 Å². The van der Waals surface area contributed by atoms with Crippen LogP contribution >= 0.6 is 0 Å². The number of likely N-dealkylation sites (tertiary alicyclic amines) is 2. The normalized spacial score (nSPS) is 24.7. The average Bonchev–Trinajstić information content (AvgIpc) is 3.68. The van der Waals surface area contributed by atoms with Crippen LogP contribution in [-0.4, -0.2) is 118 Å². The van der Waals surface area contributed by atoms with Gasteiger partial charge >= 0.3 is 5.97 Å². The molecule has 0 bridgehead atoms. The van der Waals surface area contributed by atoms with E-state index in [0.717, 1.165) is 13.0 Å². The summed E-state index contributed by atoms with van der Waals surface area (Å²) in [6.45, 7) is 2.87. The van der Waals surface area contributed by atoms with Crippen molar-refractivity contribution >= 4 is 35.6 Å². The third-order valence-electron chi connectivity index (χ3n) is 7.64. The largest absolute Gasteiger partial charge is 0.480 e. The number of carboxylic acids is 1. The molecule has 15 nitrogen and oxygen atoms in total. The maximum Gasteiger partial charge on any atom is 0.328 e. The fraction of sp³-hybridized carbons (Fsp3) is 0.760. The minimum Gasteiger partial charge on any atom is -0.480 e. The minimum absolute atomic E-state index is 0.0698. The van der Waals surface area contributed by atoms with Crippen molar-refractivity contribution in [2.75, 3.05) is 26.2 Å². The molecule has 3 fully saturated rings. The first-order valence-electron chi connectivity index (χ1n) is 13.9. The van der Waals surface area contributed by atoms with Crippen molar-refractivity contribution in [2.45, 2.75) is 94.6 Å². The maximum absolute atomic E-state index is 13.7. The number of rotatable bonds is 12. The zero-order valence-electron chi connectivity index (χ0n) is 22.9. The van der Waals surface area contributed by atoms with Gasteiger partial charge in [-0.05, 0) is 64.8 Å². The van der Waals surface area contributed by atoms with Crippen molar-refractivity contribution in [1.82, 2.24) is 25.8 Å². The molecule has 40 heavy (non-hydrogen) atoms. The third kappa shape index (κ3) is 7.81. The number of amides is 4. The molecule has 6 atom stereocenters. The van der Waals surface area contributed by atoms with E-state index in [2.05, 4.69) is 20.9 Å². The lowest BCUT2D eigenvalue weighted by molar-refractivity contribution is -0.149. The van der Waals surface area contributed by atoms with Crippen LogP contribution < -0.4 is 27.4 Å². The molecule has 3 heterocycles. The Morgan fingerprint density at radius 2 is 1.65 bits per heavy atom. The van der Waals surface area contributed by atoms with E-state index in [1.54, 1.807) is 0 Å². The maximum atomic E-state index is 13.7. The SMILES string of the molecule is C[C@@H](O)[C@H](NC(=O)[C@@H]1CCCN1C(=O)[C@@H]1CCCN1C(=O)[C@H](CCCN=C(N)N)NC(=O)[C@@H]1CCCN1)C(=O)O. The van der Waals surface area contributed by atoms with Gasteiger partial charge in [-0.1, -0.05) is 0 Å².